The zero-order chi connectivity index (χ0) is 23.2. The number of hydrogen-bond acceptors (Lipinski definition) is 5. The van der Waals surface area contributed by atoms with Crippen molar-refractivity contribution >= 4 is 46.2 Å². The van der Waals surface area contributed by atoms with Gasteiger partial charge in [-0.05, 0) is 79.2 Å². The standard InChI is InChI=1S/C26H23N3O3S/c1-17-9-11-20(12-10-17)28-26-29-25(31)23(33-26)15-19-6-4-8-22(14-19)32-16-24(30)27-21-7-3-5-18(2)13-21/h3-15H,16H2,1-2H3,(H,27,30)(H,28,29,31)/b23-15-. The van der Waals surface area contributed by atoms with Crippen LogP contribution in [0.15, 0.2) is 82.7 Å². The van der Waals surface area contributed by atoms with E-state index in [1.165, 1.54) is 11.8 Å². The Morgan fingerprint density at radius 2 is 1.82 bits per heavy atom. The Labute approximate surface area is 196 Å². The summed E-state index contributed by atoms with van der Waals surface area (Å²) in [6.45, 7) is 3.86. The number of anilines is 1. The van der Waals surface area contributed by atoms with E-state index in [1.807, 2.05) is 74.5 Å². The van der Waals surface area contributed by atoms with Crippen molar-refractivity contribution in [3.05, 3.63) is 94.4 Å². The number of aryl methyl sites for hydroxylation is 2. The molecule has 1 aliphatic rings. The van der Waals surface area contributed by atoms with Crippen LogP contribution < -0.4 is 15.4 Å². The maximum Gasteiger partial charge on any atom is 0.264 e. The fourth-order valence-electron chi connectivity index (χ4n) is 3.13. The average molecular weight is 458 g/mol. The third-order valence-corrected chi connectivity index (χ3v) is 5.65. The van der Waals surface area contributed by atoms with Crippen molar-refractivity contribution in [3.63, 3.8) is 0 Å². The zero-order valence-corrected chi connectivity index (χ0v) is 19.1. The molecule has 0 aromatic heterocycles. The van der Waals surface area contributed by atoms with Crippen molar-refractivity contribution < 1.29 is 14.3 Å². The average Bonchev–Trinajstić information content (AvgIpc) is 3.12. The highest BCUT2D eigenvalue weighted by molar-refractivity contribution is 8.18. The van der Waals surface area contributed by atoms with E-state index in [4.69, 9.17) is 4.74 Å². The minimum absolute atomic E-state index is 0.115. The van der Waals surface area contributed by atoms with E-state index >= 15 is 0 Å². The molecule has 166 valence electrons. The molecule has 0 radical (unpaired) electrons. The summed E-state index contributed by atoms with van der Waals surface area (Å²) in [6, 6.07) is 22.6. The Bertz CT molecular complexity index is 1250. The molecular formula is C26H23N3O3S. The monoisotopic (exact) mass is 457 g/mol. The lowest BCUT2D eigenvalue weighted by Crippen LogP contribution is -2.20. The van der Waals surface area contributed by atoms with Crippen molar-refractivity contribution in [2.45, 2.75) is 13.8 Å². The van der Waals surface area contributed by atoms with E-state index in [0.717, 1.165) is 28.1 Å². The summed E-state index contributed by atoms with van der Waals surface area (Å²) in [4.78, 5) is 29.6. The van der Waals surface area contributed by atoms with E-state index in [-0.39, 0.29) is 18.4 Å². The van der Waals surface area contributed by atoms with Crippen LogP contribution in [0.2, 0.25) is 0 Å². The van der Waals surface area contributed by atoms with Gasteiger partial charge in [0, 0.05) is 5.69 Å². The molecule has 0 atom stereocenters. The molecule has 2 N–H and O–H groups in total. The van der Waals surface area contributed by atoms with Gasteiger partial charge in [0.2, 0.25) is 0 Å². The second kappa shape index (κ2) is 10.2. The third-order valence-electron chi connectivity index (χ3n) is 4.74. The number of amidine groups is 1. The number of nitrogens with zero attached hydrogens (tertiary/aromatic N) is 1. The highest BCUT2D eigenvalue weighted by atomic mass is 32.2. The fourth-order valence-corrected chi connectivity index (χ4v) is 3.97. The van der Waals surface area contributed by atoms with Crippen LogP contribution in [0.25, 0.3) is 6.08 Å². The van der Waals surface area contributed by atoms with Gasteiger partial charge in [0.1, 0.15) is 5.75 Å². The van der Waals surface area contributed by atoms with Crippen LogP contribution >= 0.6 is 11.8 Å². The lowest BCUT2D eigenvalue weighted by molar-refractivity contribution is -0.118. The summed E-state index contributed by atoms with van der Waals surface area (Å²) in [6.07, 6.45) is 1.78. The van der Waals surface area contributed by atoms with Gasteiger partial charge in [0.15, 0.2) is 11.8 Å². The molecule has 1 fully saturated rings. The number of thioether (sulfide) groups is 1. The summed E-state index contributed by atoms with van der Waals surface area (Å²) < 4.78 is 5.64. The SMILES string of the molecule is Cc1ccc(N=C2NC(=O)/C(=C/c3cccc(OCC(=O)Nc4cccc(C)c4)c3)S2)cc1. The predicted octanol–water partition coefficient (Wildman–Crippen LogP) is 5.21. The van der Waals surface area contributed by atoms with Crippen molar-refractivity contribution in [1.29, 1.82) is 0 Å². The van der Waals surface area contributed by atoms with Crippen molar-refractivity contribution in [2.75, 3.05) is 11.9 Å². The van der Waals surface area contributed by atoms with Gasteiger partial charge in [0.25, 0.3) is 11.8 Å². The van der Waals surface area contributed by atoms with Gasteiger partial charge >= 0.3 is 0 Å². The van der Waals surface area contributed by atoms with Gasteiger partial charge < -0.3 is 15.4 Å². The molecule has 3 aromatic carbocycles. The highest BCUT2D eigenvalue weighted by Crippen LogP contribution is 2.29. The molecule has 4 rings (SSSR count). The summed E-state index contributed by atoms with van der Waals surface area (Å²) in [5.74, 6) is 0.0995. The maximum absolute atomic E-state index is 12.4. The second-order valence-electron chi connectivity index (χ2n) is 7.60. The number of hydrogen-bond donors (Lipinski definition) is 2. The number of carbonyl (C=O) groups excluding carboxylic acids is 2. The first-order valence-corrected chi connectivity index (χ1v) is 11.2. The van der Waals surface area contributed by atoms with E-state index in [0.29, 0.717) is 15.8 Å². The molecule has 3 aromatic rings. The number of nitrogens with one attached hydrogen (secondary N) is 2. The van der Waals surface area contributed by atoms with Crippen molar-refractivity contribution in [2.24, 2.45) is 4.99 Å². The molecular weight excluding hydrogens is 434 g/mol. The lowest BCUT2D eigenvalue weighted by Gasteiger charge is -2.08. The molecule has 0 spiro atoms. The molecule has 0 bridgehead atoms. The zero-order valence-electron chi connectivity index (χ0n) is 18.3. The minimum atomic E-state index is -0.243. The van der Waals surface area contributed by atoms with Gasteiger partial charge in [-0.2, -0.15) is 0 Å². The largest absolute Gasteiger partial charge is 0.484 e. The van der Waals surface area contributed by atoms with E-state index in [9.17, 15) is 9.59 Å². The van der Waals surface area contributed by atoms with Gasteiger partial charge in [-0.15, -0.1) is 0 Å². The molecule has 0 aliphatic carbocycles. The van der Waals surface area contributed by atoms with Gasteiger partial charge in [-0.25, -0.2) is 4.99 Å². The third kappa shape index (κ3) is 6.33. The molecule has 1 saturated heterocycles. The van der Waals surface area contributed by atoms with Crippen LogP contribution in [0.1, 0.15) is 16.7 Å². The summed E-state index contributed by atoms with van der Waals surface area (Å²) in [5.41, 5.74) is 4.52. The minimum Gasteiger partial charge on any atom is -0.484 e. The molecule has 2 amide bonds. The maximum atomic E-state index is 12.4. The summed E-state index contributed by atoms with van der Waals surface area (Å²) in [5, 5.41) is 6.14. The van der Waals surface area contributed by atoms with Gasteiger partial charge in [-0.3, -0.25) is 9.59 Å². The number of benzene rings is 3. The fraction of sp³-hybridized carbons (Fsp3) is 0.115. The molecule has 33 heavy (non-hydrogen) atoms. The smallest absolute Gasteiger partial charge is 0.264 e. The van der Waals surface area contributed by atoms with E-state index < -0.39 is 0 Å². The predicted molar refractivity (Wildman–Crippen MR) is 134 cm³/mol. The molecule has 0 saturated carbocycles. The Balaban J connectivity index is 1.38. The summed E-state index contributed by atoms with van der Waals surface area (Å²) in [7, 11) is 0. The lowest BCUT2D eigenvalue weighted by atomic mass is 10.2. The Morgan fingerprint density at radius 1 is 1.03 bits per heavy atom. The first-order valence-electron chi connectivity index (χ1n) is 10.4. The number of aliphatic imine (C=N–C) groups is 1. The number of amides is 2. The number of carbonyl (C=O) groups is 2. The normalized spacial score (nSPS) is 15.5. The van der Waals surface area contributed by atoms with Crippen LogP contribution in [0.4, 0.5) is 11.4 Å². The summed E-state index contributed by atoms with van der Waals surface area (Å²) >= 11 is 1.28. The highest BCUT2D eigenvalue weighted by Gasteiger charge is 2.23. The topological polar surface area (TPSA) is 79.8 Å². The van der Waals surface area contributed by atoms with Gasteiger partial charge in [-0.1, -0.05) is 42.0 Å². The van der Waals surface area contributed by atoms with Gasteiger partial charge in [0.05, 0.1) is 10.6 Å². The first-order chi connectivity index (χ1) is 15.9. The van der Waals surface area contributed by atoms with Crippen LogP contribution in [0.3, 0.4) is 0 Å². The van der Waals surface area contributed by atoms with Crippen molar-refractivity contribution in [1.82, 2.24) is 5.32 Å². The Morgan fingerprint density at radius 3 is 2.61 bits per heavy atom. The molecule has 0 unspecified atom stereocenters. The second-order valence-corrected chi connectivity index (χ2v) is 8.63. The van der Waals surface area contributed by atoms with Crippen molar-refractivity contribution in [3.8, 4) is 5.75 Å². The Kier molecular flexibility index (Phi) is 6.90. The first kappa shape index (κ1) is 22.4. The Hall–Kier alpha value is -3.84. The quantitative estimate of drug-likeness (QED) is 0.498. The van der Waals surface area contributed by atoms with Crippen LogP contribution in [-0.4, -0.2) is 23.6 Å². The molecule has 7 heteroatoms. The van der Waals surface area contributed by atoms with E-state index in [2.05, 4.69) is 15.6 Å². The molecule has 1 heterocycles. The molecule has 1 aliphatic heterocycles. The number of ether oxygens (including phenoxy) is 1. The van der Waals surface area contributed by atoms with Crippen LogP contribution in [-0.2, 0) is 9.59 Å². The molecule has 6 nitrogen and oxygen atoms in total. The number of rotatable bonds is 6. The van der Waals surface area contributed by atoms with Crippen LogP contribution in [0, 0.1) is 13.8 Å². The van der Waals surface area contributed by atoms with Crippen LogP contribution in [0.5, 0.6) is 5.75 Å². The van der Waals surface area contributed by atoms with E-state index in [1.54, 1.807) is 18.2 Å².